The van der Waals surface area contributed by atoms with Gasteiger partial charge in [-0.25, -0.2) is 8.78 Å². The van der Waals surface area contributed by atoms with E-state index in [-0.39, 0.29) is 30.3 Å². The average molecular weight is 410 g/mol. The summed E-state index contributed by atoms with van der Waals surface area (Å²) in [5.74, 6) is -0.878. The average Bonchev–Trinajstić information content (AvgIpc) is 3.24. The molecule has 5 nitrogen and oxygen atoms in total. The third-order valence-electron chi connectivity index (χ3n) is 6.55. The number of anilines is 1. The molecule has 2 saturated heterocycles. The number of halogens is 2. The highest BCUT2D eigenvalue weighted by atomic mass is 19.1. The lowest BCUT2D eigenvalue weighted by atomic mass is 9.90. The maximum atomic E-state index is 15.3. The Bertz CT molecular complexity index is 1030. The second-order valence-corrected chi connectivity index (χ2v) is 8.41. The van der Waals surface area contributed by atoms with Crippen LogP contribution >= 0.6 is 0 Å². The molecule has 0 radical (unpaired) electrons. The first-order valence-corrected chi connectivity index (χ1v) is 10.4. The quantitative estimate of drug-likeness (QED) is 0.666. The molecule has 2 aromatic heterocycles. The monoisotopic (exact) mass is 410 g/mol. The Morgan fingerprint density at radius 1 is 1.07 bits per heavy atom. The number of piperidine rings is 1. The van der Waals surface area contributed by atoms with Crippen molar-refractivity contribution < 1.29 is 13.9 Å². The molecule has 0 spiro atoms. The van der Waals surface area contributed by atoms with Gasteiger partial charge in [0.05, 0.1) is 0 Å². The number of hydrogen-bond donors (Lipinski definition) is 2. The Hall–Kier alpha value is -2.80. The number of nitrogens with zero attached hydrogens (tertiary/aromatic N) is 3. The minimum absolute atomic E-state index is 0.0641. The Morgan fingerprint density at radius 3 is 2.30 bits per heavy atom. The fourth-order valence-electron chi connectivity index (χ4n) is 5.26. The van der Waals surface area contributed by atoms with Gasteiger partial charge in [0.15, 0.2) is 0 Å². The number of fused-ring (bicyclic) bond motifs is 2. The van der Waals surface area contributed by atoms with Crippen LogP contribution in [0.15, 0.2) is 36.7 Å². The van der Waals surface area contributed by atoms with Gasteiger partial charge in [-0.2, -0.15) is 5.10 Å². The normalized spacial score (nSPS) is 23.2. The molecule has 2 N–H and O–H groups in total. The van der Waals surface area contributed by atoms with Crippen LogP contribution in [0.1, 0.15) is 31.4 Å². The first kappa shape index (κ1) is 19.2. The maximum Gasteiger partial charge on any atom is 0.150 e. The van der Waals surface area contributed by atoms with Crippen LogP contribution in [-0.4, -0.2) is 39.0 Å². The fourth-order valence-corrected chi connectivity index (χ4v) is 5.26. The zero-order valence-electron chi connectivity index (χ0n) is 16.8. The van der Waals surface area contributed by atoms with Gasteiger partial charge in [-0.1, -0.05) is 0 Å². The van der Waals surface area contributed by atoms with Crippen LogP contribution in [-0.2, 0) is 0 Å². The van der Waals surface area contributed by atoms with Crippen molar-refractivity contribution in [1.29, 1.82) is 0 Å². The molecule has 0 aliphatic carbocycles. The maximum absolute atomic E-state index is 15.3. The van der Waals surface area contributed by atoms with Crippen LogP contribution in [0.25, 0.3) is 22.4 Å². The molecule has 4 heterocycles. The van der Waals surface area contributed by atoms with E-state index in [9.17, 15) is 5.11 Å². The van der Waals surface area contributed by atoms with E-state index in [1.54, 1.807) is 12.4 Å². The molecule has 0 saturated carbocycles. The van der Waals surface area contributed by atoms with Crippen molar-refractivity contribution in [2.24, 2.45) is 5.92 Å². The fraction of sp³-hybridized carbons (Fsp3) is 0.391. The van der Waals surface area contributed by atoms with Crippen LogP contribution in [0.5, 0.6) is 0 Å². The molecule has 3 atom stereocenters. The molecule has 2 bridgehead atoms. The number of aliphatic hydroxyl groups is 1. The largest absolute Gasteiger partial charge is 0.396 e. The van der Waals surface area contributed by atoms with Crippen LogP contribution in [0.2, 0.25) is 0 Å². The number of aromatic nitrogens is 3. The summed E-state index contributed by atoms with van der Waals surface area (Å²) in [6.45, 7) is 1.99. The SMILES string of the molecule is Cc1[nH]nc(-c2ccncc2)c1-c1cc(F)c(N2[C@@H]3CC[C@H]2CC(CO)C3)c(F)c1. The van der Waals surface area contributed by atoms with Crippen molar-refractivity contribution in [1.82, 2.24) is 15.2 Å². The van der Waals surface area contributed by atoms with Crippen molar-refractivity contribution >= 4 is 5.69 Å². The number of hydrogen-bond acceptors (Lipinski definition) is 4. The van der Waals surface area contributed by atoms with Crippen molar-refractivity contribution in [2.75, 3.05) is 11.5 Å². The Balaban J connectivity index is 1.55. The molecular formula is C23H24F2N4O. The highest BCUT2D eigenvalue weighted by Crippen LogP contribution is 2.44. The summed E-state index contributed by atoms with van der Waals surface area (Å²) in [6.07, 6.45) is 6.71. The van der Waals surface area contributed by atoms with Crippen LogP contribution in [0.4, 0.5) is 14.5 Å². The van der Waals surface area contributed by atoms with Gasteiger partial charge < -0.3 is 10.0 Å². The second kappa shape index (κ2) is 7.47. The number of aromatic amines is 1. The lowest BCUT2D eigenvalue weighted by Crippen LogP contribution is -2.44. The number of pyridine rings is 1. The lowest BCUT2D eigenvalue weighted by molar-refractivity contribution is 0.185. The Morgan fingerprint density at radius 2 is 1.70 bits per heavy atom. The third kappa shape index (κ3) is 3.08. The first-order valence-electron chi connectivity index (χ1n) is 10.4. The van der Waals surface area contributed by atoms with Crippen molar-refractivity contribution in [2.45, 2.75) is 44.7 Å². The van der Waals surface area contributed by atoms with Gasteiger partial charge in [0.1, 0.15) is 23.0 Å². The molecule has 1 unspecified atom stereocenters. The van der Waals surface area contributed by atoms with Gasteiger partial charge in [0, 0.05) is 47.9 Å². The van der Waals surface area contributed by atoms with Crippen LogP contribution < -0.4 is 4.90 Å². The number of rotatable bonds is 4. The van der Waals surface area contributed by atoms with Gasteiger partial charge in [-0.3, -0.25) is 10.1 Å². The summed E-state index contributed by atoms with van der Waals surface area (Å²) in [5, 5.41) is 16.8. The van der Waals surface area contributed by atoms with E-state index in [0.29, 0.717) is 16.8 Å². The van der Waals surface area contributed by atoms with E-state index in [1.807, 2.05) is 24.0 Å². The lowest BCUT2D eigenvalue weighted by Gasteiger charge is -2.40. The minimum Gasteiger partial charge on any atom is -0.396 e. The predicted molar refractivity (Wildman–Crippen MR) is 111 cm³/mol. The number of H-pyrrole nitrogens is 1. The van der Waals surface area contributed by atoms with Gasteiger partial charge in [0.2, 0.25) is 0 Å². The summed E-state index contributed by atoms with van der Waals surface area (Å²) in [4.78, 5) is 5.95. The molecule has 2 fully saturated rings. The summed E-state index contributed by atoms with van der Waals surface area (Å²) in [6, 6.07) is 6.64. The van der Waals surface area contributed by atoms with Crippen molar-refractivity contribution in [3.05, 3.63) is 54.0 Å². The van der Waals surface area contributed by atoms with E-state index in [4.69, 9.17) is 0 Å². The topological polar surface area (TPSA) is 65.0 Å². The molecule has 3 aromatic rings. The van der Waals surface area contributed by atoms with Crippen LogP contribution in [0, 0.1) is 24.5 Å². The van der Waals surface area contributed by atoms with Crippen molar-refractivity contribution in [3.8, 4) is 22.4 Å². The molecule has 156 valence electrons. The highest BCUT2D eigenvalue weighted by Gasteiger charge is 2.42. The molecular weight excluding hydrogens is 386 g/mol. The molecule has 7 heteroatoms. The summed E-state index contributed by atoms with van der Waals surface area (Å²) in [7, 11) is 0. The first-order chi connectivity index (χ1) is 14.6. The van der Waals surface area contributed by atoms with E-state index in [2.05, 4.69) is 15.2 Å². The van der Waals surface area contributed by atoms with Gasteiger partial charge >= 0.3 is 0 Å². The minimum atomic E-state index is -0.550. The standard InChI is InChI=1S/C23H24F2N4O/c1-13-21(22(28-27-13)15-4-6-26-7-5-15)16-10-19(24)23(20(25)11-16)29-17-2-3-18(29)9-14(8-17)12-30/h4-7,10-11,14,17-18,30H,2-3,8-9,12H2,1H3,(H,27,28)/t14?,17-,18+. The summed E-state index contributed by atoms with van der Waals surface area (Å²) in [5.41, 5.74) is 3.44. The molecule has 30 heavy (non-hydrogen) atoms. The number of benzene rings is 1. The number of aliphatic hydroxyl groups excluding tert-OH is 1. The van der Waals surface area contributed by atoms with Gasteiger partial charge in [-0.05, 0) is 68.4 Å². The molecule has 5 rings (SSSR count). The van der Waals surface area contributed by atoms with Crippen molar-refractivity contribution in [3.63, 3.8) is 0 Å². The van der Waals surface area contributed by atoms with Crippen LogP contribution in [0.3, 0.4) is 0 Å². The molecule has 2 aliphatic heterocycles. The Labute approximate surface area is 173 Å². The summed E-state index contributed by atoms with van der Waals surface area (Å²) < 4.78 is 30.7. The smallest absolute Gasteiger partial charge is 0.150 e. The number of aryl methyl sites for hydroxylation is 1. The van der Waals surface area contributed by atoms with E-state index in [1.165, 1.54) is 12.1 Å². The third-order valence-corrected chi connectivity index (χ3v) is 6.55. The predicted octanol–water partition coefficient (Wildman–Crippen LogP) is 4.47. The van der Waals surface area contributed by atoms with Gasteiger partial charge in [-0.15, -0.1) is 0 Å². The van der Waals surface area contributed by atoms with E-state index in [0.717, 1.165) is 36.9 Å². The zero-order chi connectivity index (χ0) is 20.8. The molecule has 1 aromatic carbocycles. The zero-order valence-corrected chi connectivity index (χ0v) is 16.8. The van der Waals surface area contributed by atoms with E-state index < -0.39 is 11.6 Å². The van der Waals surface area contributed by atoms with Gasteiger partial charge in [0.25, 0.3) is 0 Å². The molecule has 0 amide bonds. The summed E-state index contributed by atoms with van der Waals surface area (Å²) >= 11 is 0. The van der Waals surface area contributed by atoms with E-state index >= 15 is 8.78 Å². The Kier molecular flexibility index (Phi) is 4.77. The highest BCUT2D eigenvalue weighted by molar-refractivity contribution is 5.83. The second-order valence-electron chi connectivity index (χ2n) is 8.41. The molecule has 2 aliphatic rings. The number of nitrogens with one attached hydrogen (secondary N) is 1.